The number of nitriles is 1. The molecule has 2 heterocycles. The van der Waals surface area contributed by atoms with Crippen molar-refractivity contribution < 1.29 is 9.53 Å². The van der Waals surface area contributed by atoms with Crippen LogP contribution >= 0.6 is 23.1 Å². The largest absolute Gasteiger partial charge is 0.497 e. The van der Waals surface area contributed by atoms with Gasteiger partial charge in [0.25, 0.3) is 0 Å². The van der Waals surface area contributed by atoms with Gasteiger partial charge in [-0.15, -0.1) is 16.4 Å². The van der Waals surface area contributed by atoms with Crippen LogP contribution in [0.2, 0.25) is 0 Å². The number of ether oxygens (including phenoxy) is 1. The van der Waals surface area contributed by atoms with Gasteiger partial charge in [-0.2, -0.15) is 5.26 Å². The lowest BCUT2D eigenvalue weighted by Crippen LogP contribution is -2.13. The second-order valence-electron chi connectivity index (χ2n) is 4.81. The number of aromatic nitrogens is 3. The second-order valence-corrected chi connectivity index (χ2v) is 6.67. The molecule has 1 amide bonds. The topological polar surface area (TPSA) is 104 Å². The molecular weight excluding hydrogens is 358 g/mol. The molecule has 0 atom stereocenters. The molecule has 1 aromatic carbocycles. The summed E-state index contributed by atoms with van der Waals surface area (Å²) in [5.41, 5.74) is 1.34. The maximum Gasteiger partial charge on any atom is 0.235 e. The maximum absolute atomic E-state index is 12.0. The van der Waals surface area contributed by atoms with Gasteiger partial charge in [0.2, 0.25) is 11.1 Å². The van der Waals surface area contributed by atoms with E-state index in [2.05, 4.69) is 20.5 Å². The Morgan fingerprint density at radius 2 is 2.20 bits per heavy atom. The van der Waals surface area contributed by atoms with Crippen molar-refractivity contribution in [2.24, 2.45) is 0 Å². The first-order valence-electron chi connectivity index (χ1n) is 7.16. The normalized spacial score (nSPS) is 10.2. The molecule has 3 rings (SSSR count). The maximum atomic E-state index is 12.0. The zero-order valence-corrected chi connectivity index (χ0v) is 14.8. The van der Waals surface area contributed by atoms with Crippen molar-refractivity contribution in [2.45, 2.75) is 5.16 Å². The Bertz CT molecular complexity index is 911. The first-order valence-corrected chi connectivity index (χ1v) is 9.03. The SMILES string of the molecule is COc1ccc(-c2nc(SCC(=O)Nc3sccc3C#N)n[nH]2)cc1. The molecule has 7 nitrogen and oxygen atoms in total. The summed E-state index contributed by atoms with van der Waals surface area (Å²) in [5, 5.41) is 21.4. The Balaban J connectivity index is 1.58. The lowest BCUT2D eigenvalue weighted by Gasteiger charge is -2.01. The average Bonchev–Trinajstić information content (AvgIpc) is 3.29. The van der Waals surface area contributed by atoms with Crippen LogP contribution in [0, 0.1) is 11.3 Å². The molecule has 0 aliphatic rings. The molecule has 0 fully saturated rings. The molecule has 0 saturated carbocycles. The highest BCUT2D eigenvalue weighted by Crippen LogP contribution is 2.24. The van der Waals surface area contributed by atoms with Gasteiger partial charge in [-0.05, 0) is 35.7 Å². The molecule has 0 aliphatic heterocycles. The summed E-state index contributed by atoms with van der Waals surface area (Å²) < 4.78 is 5.12. The number of hydrogen-bond acceptors (Lipinski definition) is 7. The second kappa shape index (κ2) is 7.83. The Kier molecular flexibility index (Phi) is 5.33. The molecule has 25 heavy (non-hydrogen) atoms. The summed E-state index contributed by atoms with van der Waals surface area (Å²) in [6.07, 6.45) is 0. The minimum Gasteiger partial charge on any atom is -0.497 e. The third-order valence-corrected chi connectivity index (χ3v) is 4.88. The highest BCUT2D eigenvalue weighted by molar-refractivity contribution is 7.99. The zero-order valence-electron chi connectivity index (χ0n) is 13.1. The molecule has 3 aromatic rings. The number of carbonyl (C=O) groups excluding carboxylic acids is 1. The van der Waals surface area contributed by atoms with Gasteiger partial charge in [-0.25, -0.2) is 4.98 Å². The fourth-order valence-corrected chi connectivity index (χ4v) is 3.33. The number of anilines is 1. The smallest absolute Gasteiger partial charge is 0.235 e. The molecule has 0 radical (unpaired) electrons. The van der Waals surface area contributed by atoms with Crippen LogP contribution in [0.25, 0.3) is 11.4 Å². The number of thiophene rings is 1. The number of methoxy groups -OCH3 is 1. The van der Waals surface area contributed by atoms with Gasteiger partial charge in [0.15, 0.2) is 5.82 Å². The zero-order chi connectivity index (χ0) is 17.6. The molecular formula is C16H13N5O2S2. The van der Waals surface area contributed by atoms with Gasteiger partial charge in [-0.3, -0.25) is 9.89 Å². The molecule has 0 bridgehead atoms. The van der Waals surface area contributed by atoms with E-state index in [0.29, 0.717) is 21.5 Å². The monoisotopic (exact) mass is 371 g/mol. The standard InChI is InChI=1S/C16H13N5O2S2/c1-23-12-4-2-10(3-5-12)14-19-16(21-20-14)25-9-13(22)18-15-11(8-17)6-7-24-15/h2-7H,9H2,1H3,(H,18,22)(H,19,20,21). The highest BCUT2D eigenvalue weighted by atomic mass is 32.2. The van der Waals surface area contributed by atoms with Crippen LogP contribution in [-0.2, 0) is 4.79 Å². The number of H-pyrrole nitrogens is 1. The van der Waals surface area contributed by atoms with Crippen LogP contribution in [0.3, 0.4) is 0 Å². The number of thioether (sulfide) groups is 1. The predicted molar refractivity (Wildman–Crippen MR) is 96.8 cm³/mol. The van der Waals surface area contributed by atoms with E-state index in [1.165, 1.54) is 23.1 Å². The van der Waals surface area contributed by atoms with Gasteiger partial charge in [0.1, 0.15) is 16.8 Å². The minimum atomic E-state index is -0.209. The van der Waals surface area contributed by atoms with Crippen molar-refractivity contribution >= 4 is 34.0 Å². The summed E-state index contributed by atoms with van der Waals surface area (Å²) in [7, 11) is 1.61. The highest BCUT2D eigenvalue weighted by Gasteiger charge is 2.11. The number of hydrogen-bond donors (Lipinski definition) is 2. The van der Waals surface area contributed by atoms with Gasteiger partial charge in [-0.1, -0.05) is 11.8 Å². The minimum absolute atomic E-state index is 0.155. The van der Waals surface area contributed by atoms with E-state index in [0.717, 1.165) is 11.3 Å². The van der Waals surface area contributed by atoms with Gasteiger partial charge >= 0.3 is 0 Å². The van der Waals surface area contributed by atoms with Crippen molar-refractivity contribution in [3.63, 3.8) is 0 Å². The Morgan fingerprint density at radius 1 is 1.40 bits per heavy atom. The molecule has 0 saturated heterocycles. The van der Waals surface area contributed by atoms with Crippen molar-refractivity contribution in [3.8, 4) is 23.2 Å². The lowest BCUT2D eigenvalue weighted by molar-refractivity contribution is -0.113. The van der Waals surface area contributed by atoms with Crippen LogP contribution in [0.1, 0.15) is 5.56 Å². The number of amides is 1. The molecule has 2 N–H and O–H groups in total. The Morgan fingerprint density at radius 3 is 2.92 bits per heavy atom. The molecule has 0 spiro atoms. The fraction of sp³-hybridized carbons (Fsp3) is 0.125. The van der Waals surface area contributed by atoms with Crippen molar-refractivity contribution in [2.75, 3.05) is 18.2 Å². The average molecular weight is 371 g/mol. The first-order chi connectivity index (χ1) is 12.2. The molecule has 9 heteroatoms. The molecule has 0 aliphatic carbocycles. The lowest BCUT2D eigenvalue weighted by atomic mass is 10.2. The molecule has 0 unspecified atom stereocenters. The first kappa shape index (κ1) is 17.0. The van der Waals surface area contributed by atoms with E-state index in [4.69, 9.17) is 10.00 Å². The third-order valence-electron chi connectivity index (χ3n) is 3.20. The van der Waals surface area contributed by atoms with Crippen LogP contribution < -0.4 is 10.1 Å². The summed E-state index contributed by atoms with van der Waals surface area (Å²) in [5.74, 6) is 1.33. The molecule has 126 valence electrons. The number of aromatic amines is 1. The number of nitrogens with one attached hydrogen (secondary N) is 2. The number of carbonyl (C=O) groups is 1. The fourth-order valence-electron chi connectivity index (χ4n) is 1.98. The van der Waals surface area contributed by atoms with E-state index in [-0.39, 0.29) is 11.7 Å². The Hall–Kier alpha value is -2.83. The quantitative estimate of drug-likeness (QED) is 0.645. The summed E-state index contributed by atoms with van der Waals surface area (Å²) in [6, 6.07) is 11.1. The van der Waals surface area contributed by atoms with E-state index < -0.39 is 0 Å². The van der Waals surface area contributed by atoms with E-state index >= 15 is 0 Å². The van der Waals surface area contributed by atoms with Crippen LogP contribution in [0.5, 0.6) is 5.75 Å². The van der Waals surface area contributed by atoms with E-state index in [9.17, 15) is 4.79 Å². The third kappa shape index (κ3) is 4.17. The van der Waals surface area contributed by atoms with Crippen molar-refractivity contribution in [3.05, 3.63) is 41.3 Å². The number of rotatable bonds is 6. The van der Waals surface area contributed by atoms with Gasteiger partial charge in [0.05, 0.1) is 18.4 Å². The van der Waals surface area contributed by atoms with Crippen LogP contribution in [-0.4, -0.2) is 34.0 Å². The van der Waals surface area contributed by atoms with Crippen molar-refractivity contribution in [1.29, 1.82) is 5.26 Å². The van der Waals surface area contributed by atoms with E-state index in [1.54, 1.807) is 18.6 Å². The number of benzene rings is 1. The predicted octanol–water partition coefficient (Wildman–Crippen LogP) is 3.14. The van der Waals surface area contributed by atoms with Crippen LogP contribution in [0.4, 0.5) is 5.00 Å². The van der Waals surface area contributed by atoms with Gasteiger partial charge in [0, 0.05) is 5.56 Å². The van der Waals surface area contributed by atoms with Crippen molar-refractivity contribution in [1.82, 2.24) is 15.2 Å². The summed E-state index contributed by atoms with van der Waals surface area (Å²) >= 11 is 2.54. The summed E-state index contributed by atoms with van der Waals surface area (Å²) in [6.45, 7) is 0. The van der Waals surface area contributed by atoms with Crippen LogP contribution in [0.15, 0.2) is 40.9 Å². The Labute approximate surface area is 152 Å². The summed E-state index contributed by atoms with van der Waals surface area (Å²) in [4.78, 5) is 16.3. The molecule has 2 aromatic heterocycles. The van der Waals surface area contributed by atoms with Gasteiger partial charge < -0.3 is 10.1 Å². The number of nitrogens with zero attached hydrogens (tertiary/aromatic N) is 3. The van der Waals surface area contributed by atoms with E-state index in [1.807, 2.05) is 30.3 Å².